The maximum Gasteiger partial charge on any atom is 0.239 e. The molecule has 3 nitrogen and oxygen atoms in total. The highest BCUT2D eigenvalue weighted by Gasteiger charge is 2.39. The summed E-state index contributed by atoms with van der Waals surface area (Å²) in [4.78, 5) is 13.9. The maximum absolute atomic E-state index is 11.9. The zero-order chi connectivity index (χ0) is 10.8. The molecule has 15 heavy (non-hydrogen) atoms. The van der Waals surface area contributed by atoms with Crippen LogP contribution in [-0.4, -0.2) is 23.9 Å². The fraction of sp³-hybridized carbons (Fsp3) is 0.833. The Morgan fingerprint density at radius 2 is 2.07 bits per heavy atom. The van der Waals surface area contributed by atoms with Gasteiger partial charge in [0.2, 0.25) is 5.91 Å². The van der Waals surface area contributed by atoms with Crippen LogP contribution in [0.5, 0.6) is 0 Å². The molecule has 82 valence electrons. The van der Waals surface area contributed by atoms with Crippen LogP contribution < -0.4 is 0 Å². The summed E-state index contributed by atoms with van der Waals surface area (Å²) in [6, 6.07) is 2.10. The smallest absolute Gasteiger partial charge is 0.239 e. The van der Waals surface area contributed by atoms with E-state index >= 15 is 0 Å². The van der Waals surface area contributed by atoms with Crippen LogP contribution in [0.3, 0.4) is 0 Å². The first kappa shape index (κ1) is 10.5. The molecule has 1 aliphatic heterocycles. The minimum Gasteiger partial charge on any atom is -0.341 e. The van der Waals surface area contributed by atoms with Gasteiger partial charge in [0.05, 0.1) is 6.07 Å². The van der Waals surface area contributed by atoms with Gasteiger partial charge in [-0.1, -0.05) is 13.3 Å². The second kappa shape index (κ2) is 4.22. The van der Waals surface area contributed by atoms with Gasteiger partial charge in [0.25, 0.3) is 0 Å². The molecule has 2 aliphatic rings. The van der Waals surface area contributed by atoms with Crippen LogP contribution in [0.15, 0.2) is 0 Å². The van der Waals surface area contributed by atoms with Crippen LogP contribution in [0.1, 0.15) is 32.6 Å². The molecule has 3 heteroatoms. The number of fused-ring (bicyclic) bond motifs is 1. The van der Waals surface area contributed by atoms with Crippen molar-refractivity contribution in [3.05, 3.63) is 0 Å². The van der Waals surface area contributed by atoms with Crippen LogP contribution in [0.2, 0.25) is 0 Å². The molecule has 0 spiro atoms. The fourth-order valence-corrected chi connectivity index (χ4v) is 2.96. The third-order valence-corrected chi connectivity index (χ3v) is 3.90. The first-order valence-corrected chi connectivity index (χ1v) is 5.94. The molecule has 0 aromatic carbocycles. The highest BCUT2D eigenvalue weighted by atomic mass is 16.2. The van der Waals surface area contributed by atoms with E-state index in [0.717, 1.165) is 24.9 Å². The summed E-state index contributed by atoms with van der Waals surface area (Å²) in [6.45, 7) is 3.71. The van der Waals surface area contributed by atoms with Crippen LogP contribution in [0.25, 0.3) is 0 Å². The van der Waals surface area contributed by atoms with Gasteiger partial charge >= 0.3 is 0 Å². The summed E-state index contributed by atoms with van der Waals surface area (Å²) in [5.74, 6) is 1.11. The third kappa shape index (κ3) is 1.86. The van der Waals surface area contributed by atoms with Crippen molar-refractivity contribution in [1.29, 1.82) is 5.26 Å². The topological polar surface area (TPSA) is 44.1 Å². The molecule has 0 N–H and O–H groups in total. The standard InChI is InChI=1S/C12H18N2O/c1-2-9(6-13)12(15)14-7-10-4-3-5-11(10)8-14/h9-11H,2-5,7-8H2,1H3. The van der Waals surface area contributed by atoms with E-state index < -0.39 is 5.92 Å². The predicted octanol–water partition coefficient (Wildman–Crippen LogP) is 1.79. The molecule has 1 saturated heterocycles. The molecule has 0 bridgehead atoms. The Morgan fingerprint density at radius 3 is 2.53 bits per heavy atom. The Bertz CT molecular complexity index is 282. The van der Waals surface area contributed by atoms with Crippen molar-refractivity contribution in [1.82, 2.24) is 4.90 Å². The SMILES string of the molecule is CCC(C#N)C(=O)N1CC2CCCC2C1. The van der Waals surface area contributed by atoms with Gasteiger partial charge in [-0.2, -0.15) is 5.26 Å². The average Bonchev–Trinajstić information content (AvgIpc) is 2.78. The molecular weight excluding hydrogens is 188 g/mol. The first-order chi connectivity index (χ1) is 7.26. The first-order valence-electron chi connectivity index (χ1n) is 5.94. The third-order valence-electron chi connectivity index (χ3n) is 3.90. The lowest BCUT2D eigenvalue weighted by molar-refractivity contribution is -0.133. The monoisotopic (exact) mass is 206 g/mol. The largest absolute Gasteiger partial charge is 0.341 e. The van der Waals surface area contributed by atoms with Crippen molar-refractivity contribution in [2.45, 2.75) is 32.6 Å². The number of likely N-dealkylation sites (tertiary alicyclic amines) is 1. The Morgan fingerprint density at radius 1 is 1.47 bits per heavy atom. The highest BCUT2D eigenvalue weighted by molar-refractivity contribution is 5.81. The van der Waals surface area contributed by atoms with Gasteiger partial charge < -0.3 is 4.90 Å². The van der Waals surface area contributed by atoms with E-state index in [9.17, 15) is 4.79 Å². The number of carbonyl (C=O) groups is 1. The number of amides is 1. The molecule has 1 heterocycles. The van der Waals surface area contributed by atoms with Crippen molar-refractivity contribution in [2.75, 3.05) is 13.1 Å². The molecule has 2 fully saturated rings. The molecule has 3 atom stereocenters. The quantitative estimate of drug-likeness (QED) is 0.691. The highest BCUT2D eigenvalue weighted by Crippen LogP contribution is 2.38. The van der Waals surface area contributed by atoms with Crippen LogP contribution >= 0.6 is 0 Å². The average molecular weight is 206 g/mol. The Balaban J connectivity index is 1.96. The van der Waals surface area contributed by atoms with Crippen molar-refractivity contribution in [3.8, 4) is 6.07 Å². The minimum absolute atomic E-state index is 0.0643. The van der Waals surface area contributed by atoms with Crippen molar-refractivity contribution < 1.29 is 4.79 Å². The van der Waals surface area contributed by atoms with Crippen molar-refractivity contribution in [3.63, 3.8) is 0 Å². The summed E-state index contributed by atoms with van der Waals surface area (Å²) >= 11 is 0. The van der Waals surface area contributed by atoms with E-state index in [1.165, 1.54) is 19.3 Å². The Hall–Kier alpha value is -1.04. The number of hydrogen-bond donors (Lipinski definition) is 0. The minimum atomic E-state index is -0.413. The van der Waals surface area contributed by atoms with Gasteiger partial charge in [0.15, 0.2) is 0 Å². The molecule has 3 unspecified atom stereocenters. The fourth-order valence-electron chi connectivity index (χ4n) is 2.96. The van der Waals surface area contributed by atoms with Gasteiger partial charge in [0, 0.05) is 13.1 Å². The van der Waals surface area contributed by atoms with Gasteiger partial charge in [-0.15, -0.1) is 0 Å². The molecule has 1 saturated carbocycles. The normalized spacial score (nSPS) is 31.1. The molecule has 0 aromatic heterocycles. The van der Waals surface area contributed by atoms with Crippen LogP contribution in [-0.2, 0) is 4.79 Å². The van der Waals surface area contributed by atoms with Gasteiger partial charge in [-0.05, 0) is 31.1 Å². The number of nitriles is 1. The zero-order valence-electron chi connectivity index (χ0n) is 9.28. The lowest BCUT2D eigenvalue weighted by Crippen LogP contribution is -2.34. The van der Waals surface area contributed by atoms with Crippen molar-refractivity contribution >= 4 is 5.91 Å². The zero-order valence-corrected chi connectivity index (χ0v) is 9.28. The van der Waals surface area contributed by atoms with Gasteiger partial charge in [0.1, 0.15) is 5.92 Å². The summed E-state index contributed by atoms with van der Waals surface area (Å²) in [5, 5.41) is 8.86. The second-order valence-corrected chi connectivity index (χ2v) is 4.78. The summed E-state index contributed by atoms with van der Waals surface area (Å²) in [7, 11) is 0. The van der Waals surface area contributed by atoms with E-state index in [0.29, 0.717) is 6.42 Å². The summed E-state index contributed by atoms with van der Waals surface area (Å²) < 4.78 is 0. The molecule has 0 radical (unpaired) electrons. The number of rotatable bonds is 2. The van der Waals surface area contributed by atoms with E-state index in [4.69, 9.17) is 5.26 Å². The summed E-state index contributed by atoms with van der Waals surface area (Å²) in [6.07, 6.45) is 4.52. The lowest BCUT2D eigenvalue weighted by Gasteiger charge is -2.19. The second-order valence-electron chi connectivity index (χ2n) is 4.78. The molecule has 1 amide bonds. The van der Waals surface area contributed by atoms with Crippen LogP contribution in [0.4, 0.5) is 0 Å². The van der Waals surface area contributed by atoms with E-state index in [2.05, 4.69) is 6.07 Å². The molecular formula is C12H18N2O. The van der Waals surface area contributed by atoms with E-state index in [-0.39, 0.29) is 5.91 Å². The number of hydrogen-bond acceptors (Lipinski definition) is 2. The van der Waals surface area contributed by atoms with Gasteiger partial charge in [-0.25, -0.2) is 0 Å². The summed E-state index contributed by atoms with van der Waals surface area (Å²) in [5.41, 5.74) is 0. The molecule has 0 aromatic rings. The van der Waals surface area contributed by atoms with Gasteiger partial charge in [-0.3, -0.25) is 4.79 Å². The lowest BCUT2D eigenvalue weighted by atomic mass is 10.0. The van der Waals surface area contributed by atoms with E-state index in [1.807, 2.05) is 11.8 Å². The number of nitrogens with zero attached hydrogens (tertiary/aromatic N) is 2. The number of carbonyl (C=O) groups excluding carboxylic acids is 1. The maximum atomic E-state index is 11.9. The molecule has 1 aliphatic carbocycles. The molecule has 2 rings (SSSR count). The Kier molecular flexibility index (Phi) is 2.95. The predicted molar refractivity (Wildman–Crippen MR) is 56.8 cm³/mol. The van der Waals surface area contributed by atoms with Crippen molar-refractivity contribution in [2.24, 2.45) is 17.8 Å². The van der Waals surface area contributed by atoms with Crippen LogP contribution in [0, 0.1) is 29.1 Å². The van der Waals surface area contributed by atoms with E-state index in [1.54, 1.807) is 0 Å². The Labute approximate surface area is 91.1 Å².